The first-order valence-electron chi connectivity index (χ1n) is 14.0. The Bertz CT molecular complexity index is 1280. The van der Waals surface area contributed by atoms with Crippen molar-refractivity contribution in [3.05, 3.63) is 58.7 Å². The minimum Gasteiger partial charge on any atom is -0.444 e. The highest BCUT2D eigenvalue weighted by Gasteiger charge is 2.46. The molecule has 1 aliphatic rings. The summed E-state index contributed by atoms with van der Waals surface area (Å²) in [6.45, 7) is 23.2. The molecular weight excluding hydrogens is 578 g/mol. The average molecular weight is 626 g/mol. The maximum atomic E-state index is 14.1. The molecule has 0 N–H and O–H groups in total. The van der Waals surface area contributed by atoms with Gasteiger partial charge in [-0.05, 0) is 56.5 Å². The van der Waals surface area contributed by atoms with Crippen LogP contribution in [0.1, 0.15) is 55.4 Å². The molecule has 1 heterocycles. The monoisotopic (exact) mass is 625 g/mol. The number of hydrogen-bond acceptors (Lipinski definition) is 8. The standard InChI is InChI=1S/C29H47N3O8SSi/c1-12-17-38-32(41(36,37)26-16-14-13-15-24(26)31(34)35)25-19-30(27(33)40-28(4,5)6)22(18-23(25)21(2)3)20-39-42(10,11)29(7,8)9/h12-16,18,21-22,25H,1,17,19-20H2,2-11H3. The first-order chi connectivity index (χ1) is 19.1. The molecule has 1 aliphatic heterocycles. The van der Waals surface area contributed by atoms with Gasteiger partial charge in [0.1, 0.15) is 5.60 Å². The normalized spacial score (nSPS) is 18.7. The van der Waals surface area contributed by atoms with E-state index in [4.69, 9.17) is 14.0 Å². The summed E-state index contributed by atoms with van der Waals surface area (Å²) < 4.78 is 41.1. The van der Waals surface area contributed by atoms with Crippen LogP contribution in [0, 0.1) is 16.0 Å². The lowest BCUT2D eigenvalue weighted by atomic mass is 9.90. The molecule has 13 heteroatoms. The Morgan fingerprint density at radius 2 is 1.81 bits per heavy atom. The fraction of sp³-hybridized carbons (Fsp3) is 0.621. The highest BCUT2D eigenvalue weighted by molar-refractivity contribution is 7.89. The van der Waals surface area contributed by atoms with Gasteiger partial charge in [-0.25, -0.2) is 13.2 Å². The average Bonchev–Trinajstić information content (AvgIpc) is 2.85. The van der Waals surface area contributed by atoms with Gasteiger partial charge in [0.15, 0.2) is 13.2 Å². The van der Waals surface area contributed by atoms with E-state index >= 15 is 0 Å². The number of nitrogens with zero attached hydrogens (tertiary/aromatic N) is 3. The molecule has 0 saturated carbocycles. The molecule has 0 aliphatic carbocycles. The second-order valence-corrected chi connectivity index (χ2v) is 19.7. The number of carbonyl (C=O) groups is 1. The van der Waals surface area contributed by atoms with E-state index in [0.717, 1.165) is 10.5 Å². The predicted molar refractivity (Wildman–Crippen MR) is 165 cm³/mol. The van der Waals surface area contributed by atoms with Gasteiger partial charge in [-0.2, -0.15) is 0 Å². The minimum absolute atomic E-state index is 0.0701. The van der Waals surface area contributed by atoms with E-state index in [1.54, 1.807) is 20.8 Å². The van der Waals surface area contributed by atoms with Crippen LogP contribution in [0.25, 0.3) is 0 Å². The second-order valence-electron chi connectivity index (χ2n) is 13.2. The van der Waals surface area contributed by atoms with E-state index in [1.807, 2.05) is 19.9 Å². The van der Waals surface area contributed by atoms with Gasteiger partial charge in [0.25, 0.3) is 15.7 Å². The van der Waals surface area contributed by atoms with Gasteiger partial charge in [-0.15, -0.1) is 6.58 Å². The number of amides is 1. The van der Waals surface area contributed by atoms with Crippen LogP contribution in [0.15, 0.2) is 53.5 Å². The topological polar surface area (TPSA) is 129 Å². The molecule has 2 rings (SSSR count). The molecule has 0 fully saturated rings. The summed E-state index contributed by atoms with van der Waals surface area (Å²) in [6.07, 6.45) is 2.59. The largest absolute Gasteiger partial charge is 0.444 e. The lowest BCUT2D eigenvalue weighted by Crippen LogP contribution is -2.58. The molecule has 2 atom stereocenters. The van der Waals surface area contributed by atoms with E-state index in [-0.39, 0.29) is 30.7 Å². The van der Waals surface area contributed by atoms with Crippen molar-refractivity contribution < 1.29 is 32.1 Å². The van der Waals surface area contributed by atoms with Gasteiger partial charge < -0.3 is 9.16 Å². The van der Waals surface area contributed by atoms with Crippen LogP contribution in [0.5, 0.6) is 0 Å². The van der Waals surface area contributed by atoms with Crippen molar-refractivity contribution in [2.75, 3.05) is 19.8 Å². The van der Waals surface area contributed by atoms with Crippen LogP contribution in [0.4, 0.5) is 10.5 Å². The van der Waals surface area contributed by atoms with E-state index in [1.165, 1.54) is 29.2 Å². The molecule has 1 amide bonds. The van der Waals surface area contributed by atoms with E-state index in [9.17, 15) is 23.3 Å². The third kappa shape index (κ3) is 8.50. The van der Waals surface area contributed by atoms with Crippen molar-refractivity contribution in [1.82, 2.24) is 9.37 Å². The smallest absolute Gasteiger partial charge is 0.410 e. The van der Waals surface area contributed by atoms with E-state index in [0.29, 0.717) is 5.57 Å². The number of hydrogen-bond donors (Lipinski definition) is 0. The number of rotatable bonds is 11. The fourth-order valence-electron chi connectivity index (χ4n) is 4.17. The summed E-state index contributed by atoms with van der Waals surface area (Å²) in [5, 5.41) is 11.7. The van der Waals surface area contributed by atoms with Crippen LogP contribution in [0.2, 0.25) is 18.1 Å². The molecular formula is C29H47N3O8SSi. The van der Waals surface area contributed by atoms with Gasteiger partial charge in [0.05, 0.1) is 30.2 Å². The minimum atomic E-state index is -4.59. The first-order valence-corrected chi connectivity index (χ1v) is 18.4. The highest BCUT2D eigenvalue weighted by atomic mass is 32.2. The molecule has 1 aromatic rings. The van der Waals surface area contributed by atoms with Crippen LogP contribution >= 0.6 is 0 Å². The summed E-state index contributed by atoms with van der Waals surface area (Å²) >= 11 is 0. The lowest BCUT2D eigenvalue weighted by molar-refractivity contribution is -0.388. The molecule has 0 radical (unpaired) electrons. The van der Waals surface area contributed by atoms with Gasteiger partial charge in [0, 0.05) is 12.6 Å². The molecule has 0 spiro atoms. The summed E-state index contributed by atoms with van der Waals surface area (Å²) in [6, 6.07) is 3.54. The maximum absolute atomic E-state index is 14.1. The molecule has 236 valence electrons. The van der Waals surface area contributed by atoms with Gasteiger partial charge in [-0.1, -0.05) is 63.4 Å². The van der Waals surface area contributed by atoms with Crippen LogP contribution in [-0.4, -0.2) is 74.6 Å². The van der Waals surface area contributed by atoms with Crippen LogP contribution in [0.3, 0.4) is 0 Å². The van der Waals surface area contributed by atoms with E-state index < -0.39 is 57.6 Å². The van der Waals surface area contributed by atoms with Crippen molar-refractivity contribution in [2.45, 2.75) is 96.1 Å². The zero-order valence-electron chi connectivity index (χ0n) is 26.5. The first kappa shape index (κ1) is 35.6. The quantitative estimate of drug-likeness (QED) is 0.121. The fourth-order valence-corrected chi connectivity index (χ4v) is 6.77. The Morgan fingerprint density at radius 1 is 1.21 bits per heavy atom. The lowest BCUT2D eigenvalue weighted by Gasteiger charge is -2.44. The van der Waals surface area contributed by atoms with Crippen LogP contribution < -0.4 is 0 Å². The number of nitro benzene ring substituents is 1. The molecule has 11 nitrogen and oxygen atoms in total. The number of sulfonamides is 1. The van der Waals surface area contributed by atoms with Gasteiger partial charge in [0.2, 0.25) is 0 Å². The summed E-state index contributed by atoms with van der Waals surface area (Å²) in [4.78, 5) is 31.3. The third-order valence-corrected chi connectivity index (χ3v) is 13.6. The van der Waals surface area contributed by atoms with Crippen molar-refractivity contribution in [3.63, 3.8) is 0 Å². The zero-order chi connectivity index (χ0) is 32.3. The SMILES string of the molecule is C=CCON(C1CN(C(=O)OC(C)(C)C)C(CO[Si](C)(C)C(C)(C)C)C=C1C(C)C)S(=O)(=O)c1ccccc1[N+](=O)[O-]. The second kappa shape index (κ2) is 13.4. The maximum Gasteiger partial charge on any atom is 0.410 e. The number of benzene rings is 1. The van der Waals surface area contributed by atoms with Gasteiger partial charge in [-0.3, -0.25) is 19.9 Å². The van der Waals surface area contributed by atoms with Crippen molar-refractivity contribution in [3.8, 4) is 0 Å². The zero-order valence-corrected chi connectivity index (χ0v) is 28.4. The Hall–Kier alpha value is -2.58. The van der Waals surface area contributed by atoms with Crippen molar-refractivity contribution in [1.29, 1.82) is 0 Å². The number of ether oxygens (including phenoxy) is 1. The Balaban J connectivity index is 2.72. The molecule has 0 aromatic heterocycles. The summed E-state index contributed by atoms with van der Waals surface area (Å²) in [7, 11) is -6.80. The summed E-state index contributed by atoms with van der Waals surface area (Å²) in [5.74, 6) is -0.165. The van der Waals surface area contributed by atoms with E-state index in [2.05, 4.69) is 40.4 Å². The highest BCUT2D eigenvalue weighted by Crippen LogP contribution is 2.38. The van der Waals surface area contributed by atoms with Crippen molar-refractivity contribution >= 4 is 30.1 Å². The Labute approximate surface area is 251 Å². The molecule has 42 heavy (non-hydrogen) atoms. The number of nitro groups is 1. The number of hydroxylamine groups is 1. The predicted octanol–water partition coefficient (Wildman–Crippen LogP) is 6.30. The molecule has 0 bridgehead atoms. The molecule has 0 saturated heterocycles. The Kier molecular flexibility index (Phi) is 11.3. The number of carbonyl (C=O) groups excluding carboxylic acids is 1. The molecule has 1 aromatic carbocycles. The third-order valence-electron chi connectivity index (χ3n) is 7.41. The van der Waals surface area contributed by atoms with Crippen LogP contribution in [-0.2, 0) is 24.0 Å². The number of para-hydroxylation sites is 1. The molecule has 2 unspecified atom stereocenters. The van der Waals surface area contributed by atoms with Gasteiger partial charge >= 0.3 is 6.09 Å². The van der Waals surface area contributed by atoms with Crippen molar-refractivity contribution in [2.24, 2.45) is 5.92 Å². The summed E-state index contributed by atoms with van der Waals surface area (Å²) in [5.41, 5.74) is -0.708. The Morgan fingerprint density at radius 3 is 2.31 bits per heavy atom.